The molecule has 2 rings (SSSR count). The number of nitrogens with two attached hydrogens (primary N) is 1. The van der Waals surface area contributed by atoms with E-state index < -0.39 is 0 Å². The molecule has 0 bridgehead atoms. The lowest BCUT2D eigenvalue weighted by Crippen LogP contribution is -2.36. The molecule has 1 amide bonds. The van der Waals surface area contributed by atoms with Gasteiger partial charge in [-0.1, -0.05) is 29.8 Å². The lowest BCUT2D eigenvalue weighted by molar-refractivity contribution is -0.132. The Kier molecular flexibility index (Phi) is 5.23. The molecule has 1 aromatic rings. The van der Waals surface area contributed by atoms with Gasteiger partial charge in [0.15, 0.2) is 0 Å². The molecule has 1 aliphatic rings. The van der Waals surface area contributed by atoms with Crippen LogP contribution in [0.2, 0.25) is 5.02 Å². The van der Waals surface area contributed by atoms with E-state index in [9.17, 15) is 4.79 Å². The first-order valence-corrected chi connectivity index (χ1v) is 7.33. The van der Waals surface area contributed by atoms with Gasteiger partial charge in [0.05, 0.1) is 0 Å². The maximum Gasteiger partial charge on any atom is 0.222 e. The van der Waals surface area contributed by atoms with E-state index in [1.54, 1.807) is 0 Å². The van der Waals surface area contributed by atoms with Crippen LogP contribution < -0.4 is 5.73 Å². The van der Waals surface area contributed by atoms with Gasteiger partial charge in [-0.2, -0.15) is 0 Å². The molecular formula is C15H21ClN2O. The Morgan fingerprint density at radius 3 is 2.95 bits per heavy atom. The first kappa shape index (κ1) is 14.4. The van der Waals surface area contributed by atoms with Crippen LogP contribution in [0.4, 0.5) is 0 Å². The van der Waals surface area contributed by atoms with Gasteiger partial charge in [-0.15, -0.1) is 0 Å². The Labute approximate surface area is 119 Å². The molecule has 1 unspecified atom stereocenters. The first-order valence-electron chi connectivity index (χ1n) is 6.95. The van der Waals surface area contributed by atoms with Crippen LogP contribution in [0.5, 0.6) is 0 Å². The molecule has 1 atom stereocenters. The number of likely N-dealkylation sites (tertiary alicyclic amines) is 1. The zero-order chi connectivity index (χ0) is 13.7. The highest BCUT2D eigenvalue weighted by Gasteiger charge is 2.28. The molecule has 1 saturated heterocycles. The summed E-state index contributed by atoms with van der Waals surface area (Å²) in [6.45, 7) is 1.45. The van der Waals surface area contributed by atoms with Crippen LogP contribution in [0.3, 0.4) is 0 Å². The van der Waals surface area contributed by atoms with Crippen LogP contribution >= 0.6 is 11.6 Å². The summed E-state index contributed by atoms with van der Waals surface area (Å²) in [6, 6.07) is 8.18. The van der Waals surface area contributed by atoms with Crippen molar-refractivity contribution >= 4 is 17.5 Å². The fraction of sp³-hybridized carbons (Fsp3) is 0.533. The van der Waals surface area contributed by atoms with Gasteiger partial charge in [0.2, 0.25) is 5.91 Å². The second-order valence-electron chi connectivity index (χ2n) is 5.07. The van der Waals surface area contributed by atoms with Crippen LogP contribution in [0, 0.1) is 0 Å². The molecule has 0 aliphatic carbocycles. The average Bonchev–Trinajstić information content (AvgIpc) is 2.87. The Balaban J connectivity index is 1.99. The second-order valence-corrected chi connectivity index (χ2v) is 5.48. The van der Waals surface area contributed by atoms with Crippen molar-refractivity contribution in [3.05, 3.63) is 34.9 Å². The number of benzene rings is 1. The maximum atomic E-state index is 12.1. The predicted molar refractivity (Wildman–Crippen MR) is 78.2 cm³/mol. The van der Waals surface area contributed by atoms with Gasteiger partial charge in [-0.25, -0.2) is 0 Å². The van der Waals surface area contributed by atoms with Crippen LogP contribution in [0.15, 0.2) is 24.3 Å². The molecule has 0 radical (unpaired) electrons. The van der Waals surface area contributed by atoms with E-state index in [1.807, 2.05) is 29.2 Å². The lowest BCUT2D eigenvalue weighted by Gasteiger charge is -2.25. The summed E-state index contributed by atoms with van der Waals surface area (Å²) in [5, 5.41) is 0.795. The number of carbonyl (C=O) groups excluding carboxylic acids is 1. The van der Waals surface area contributed by atoms with Crippen LogP contribution in [-0.4, -0.2) is 29.9 Å². The Morgan fingerprint density at radius 1 is 1.42 bits per heavy atom. The Hall–Kier alpha value is -1.06. The molecule has 104 valence electrons. The van der Waals surface area contributed by atoms with Crippen molar-refractivity contribution in [1.29, 1.82) is 0 Å². The largest absolute Gasteiger partial charge is 0.339 e. The number of halogens is 1. The van der Waals surface area contributed by atoms with E-state index in [0.29, 0.717) is 19.0 Å². The van der Waals surface area contributed by atoms with E-state index in [0.717, 1.165) is 42.8 Å². The Bertz CT molecular complexity index is 436. The highest BCUT2D eigenvalue weighted by molar-refractivity contribution is 6.31. The van der Waals surface area contributed by atoms with E-state index in [2.05, 4.69) is 0 Å². The minimum absolute atomic E-state index is 0.236. The average molecular weight is 281 g/mol. The monoisotopic (exact) mass is 280 g/mol. The third-order valence-electron chi connectivity index (χ3n) is 3.71. The summed E-state index contributed by atoms with van der Waals surface area (Å²) in [5.74, 6) is 0.236. The zero-order valence-electron chi connectivity index (χ0n) is 11.1. The van der Waals surface area contributed by atoms with E-state index in [4.69, 9.17) is 17.3 Å². The maximum absolute atomic E-state index is 12.1. The van der Waals surface area contributed by atoms with Crippen LogP contribution in [0.25, 0.3) is 0 Å². The minimum atomic E-state index is 0.236. The van der Waals surface area contributed by atoms with Gasteiger partial charge >= 0.3 is 0 Å². The quantitative estimate of drug-likeness (QED) is 0.901. The van der Waals surface area contributed by atoms with Crippen molar-refractivity contribution in [1.82, 2.24) is 4.90 Å². The van der Waals surface area contributed by atoms with Gasteiger partial charge in [0.1, 0.15) is 0 Å². The third kappa shape index (κ3) is 3.71. The summed E-state index contributed by atoms with van der Waals surface area (Å²) in [5.41, 5.74) is 6.60. The van der Waals surface area contributed by atoms with Crippen molar-refractivity contribution in [3.8, 4) is 0 Å². The van der Waals surface area contributed by atoms with Gasteiger partial charge in [0, 0.05) is 24.0 Å². The highest BCUT2D eigenvalue weighted by atomic mass is 35.5. The predicted octanol–water partition coefficient (Wildman–Crippen LogP) is 2.61. The fourth-order valence-electron chi connectivity index (χ4n) is 2.69. The van der Waals surface area contributed by atoms with E-state index in [-0.39, 0.29) is 5.91 Å². The summed E-state index contributed by atoms with van der Waals surface area (Å²) in [6.07, 6.45) is 4.35. The molecule has 1 fully saturated rings. The van der Waals surface area contributed by atoms with E-state index >= 15 is 0 Å². The van der Waals surface area contributed by atoms with Gasteiger partial charge < -0.3 is 10.6 Å². The number of rotatable bonds is 5. The molecule has 19 heavy (non-hydrogen) atoms. The zero-order valence-corrected chi connectivity index (χ0v) is 11.9. The molecule has 0 saturated carbocycles. The van der Waals surface area contributed by atoms with Crippen LogP contribution in [-0.2, 0) is 11.2 Å². The smallest absolute Gasteiger partial charge is 0.222 e. The number of hydrogen-bond donors (Lipinski definition) is 1. The van der Waals surface area contributed by atoms with E-state index in [1.165, 1.54) is 0 Å². The molecule has 0 aromatic heterocycles. The van der Waals surface area contributed by atoms with Crippen molar-refractivity contribution in [2.75, 3.05) is 13.1 Å². The highest BCUT2D eigenvalue weighted by Crippen LogP contribution is 2.25. The molecule has 1 heterocycles. The standard InChI is InChI=1S/C15H21ClN2O/c16-14-7-2-1-5-12(14)11-13-6-4-10-18(13)15(19)8-3-9-17/h1-2,5,7,13H,3-4,6,8-11,17H2. The van der Waals surface area contributed by atoms with Gasteiger partial charge in [-0.05, 0) is 43.9 Å². The summed E-state index contributed by atoms with van der Waals surface area (Å²) >= 11 is 6.19. The number of carbonyl (C=O) groups is 1. The molecular weight excluding hydrogens is 260 g/mol. The SMILES string of the molecule is NCCCC(=O)N1CCCC1Cc1ccccc1Cl. The molecule has 3 nitrogen and oxygen atoms in total. The van der Waals surface area contributed by atoms with Crippen molar-refractivity contribution in [3.63, 3.8) is 0 Å². The minimum Gasteiger partial charge on any atom is -0.339 e. The van der Waals surface area contributed by atoms with Gasteiger partial charge in [0.25, 0.3) is 0 Å². The Morgan fingerprint density at radius 2 is 2.21 bits per heavy atom. The number of nitrogens with zero attached hydrogens (tertiary/aromatic N) is 1. The molecule has 1 aromatic carbocycles. The molecule has 4 heteroatoms. The molecule has 2 N–H and O–H groups in total. The summed E-state index contributed by atoms with van der Waals surface area (Å²) in [4.78, 5) is 14.1. The van der Waals surface area contributed by atoms with Crippen molar-refractivity contribution in [2.24, 2.45) is 5.73 Å². The molecule has 1 aliphatic heterocycles. The molecule has 0 spiro atoms. The van der Waals surface area contributed by atoms with Crippen molar-refractivity contribution in [2.45, 2.75) is 38.1 Å². The van der Waals surface area contributed by atoms with Gasteiger partial charge in [-0.3, -0.25) is 4.79 Å². The summed E-state index contributed by atoms with van der Waals surface area (Å²) in [7, 11) is 0. The first-order chi connectivity index (χ1) is 9.22. The third-order valence-corrected chi connectivity index (χ3v) is 4.07. The number of hydrogen-bond acceptors (Lipinski definition) is 2. The lowest BCUT2D eigenvalue weighted by atomic mass is 10.0. The summed E-state index contributed by atoms with van der Waals surface area (Å²) < 4.78 is 0. The second kappa shape index (κ2) is 6.92. The topological polar surface area (TPSA) is 46.3 Å². The van der Waals surface area contributed by atoms with Crippen LogP contribution in [0.1, 0.15) is 31.2 Å². The number of amides is 1. The van der Waals surface area contributed by atoms with Crippen molar-refractivity contribution < 1.29 is 4.79 Å². The fourth-order valence-corrected chi connectivity index (χ4v) is 2.90. The normalized spacial score (nSPS) is 18.8.